The van der Waals surface area contributed by atoms with Crippen LogP contribution in [0.15, 0.2) is 24.3 Å². The third kappa shape index (κ3) is 4.06. The molecule has 1 rings (SSSR count). The summed E-state index contributed by atoms with van der Waals surface area (Å²) in [7, 11) is 3.27. The van der Waals surface area contributed by atoms with Gasteiger partial charge >= 0.3 is 6.03 Å². The molecule has 1 aromatic rings. The maximum atomic E-state index is 11.6. The number of benzene rings is 1. The molecule has 0 saturated heterocycles. The van der Waals surface area contributed by atoms with Crippen molar-refractivity contribution >= 4 is 23.3 Å². The number of hydrogen-bond donors (Lipinski definition) is 4. The van der Waals surface area contributed by atoms with Crippen LogP contribution in [0.2, 0.25) is 0 Å². The van der Waals surface area contributed by atoms with E-state index in [1.807, 2.05) is 0 Å². The highest BCUT2D eigenvalue weighted by Crippen LogP contribution is 2.13. The first-order valence-corrected chi connectivity index (χ1v) is 5.63. The third-order valence-electron chi connectivity index (χ3n) is 2.46. The van der Waals surface area contributed by atoms with E-state index in [1.54, 1.807) is 45.3 Å². The van der Waals surface area contributed by atoms with Crippen LogP contribution in [-0.4, -0.2) is 32.1 Å². The van der Waals surface area contributed by atoms with E-state index in [4.69, 9.17) is 0 Å². The van der Waals surface area contributed by atoms with E-state index < -0.39 is 0 Å². The molecule has 0 aliphatic heterocycles. The van der Waals surface area contributed by atoms with Crippen LogP contribution in [0.1, 0.15) is 6.92 Å². The highest BCUT2D eigenvalue weighted by atomic mass is 16.2. The summed E-state index contributed by atoms with van der Waals surface area (Å²) in [5, 5.41) is 10.7. The second-order valence-electron chi connectivity index (χ2n) is 3.78. The van der Waals surface area contributed by atoms with Gasteiger partial charge in [0.2, 0.25) is 5.91 Å². The van der Waals surface area contributed by atoms with E-state index in [9.17, 15) is 9.59 Å². The fourth-order valence-corrected chi connectivity index (χ4v) is 1.21. The lowest BCUT2D eigenvalue weighted by Crippen LogP contribution is -2.35. The zero-order chi connectivity index (χ0) is 13.5. The molecule has 0 aliphatic rings. The van der Waals surface area contributed by atoms with Crippen molar-refractivity contribution in [2.24, 2.45) is 0 Å². The zero-order valence-corrected chi connectivity index (χ0v) is 10.7. The number of amides is 3. The van der Waals surface area contributed by atoms with Gasteiger partial charge < -0.3 is 21.3 Å². The first-order chi connectivity index (χ1) is 8.56. The van der Waals surface area contributed by atoms with Gasteiger partial charge in [-0.05, 0) is 38.2 Å². The molecule has 0 bridgehead atoms. The molecular weight excluding hydrogens is 232 g/mol. The Kier molecular flexibility index (Phi) is 5.13. The minimum absolute atomic E-state index is 0.107. The average molecular weight is 250 g/mol. The maximum Gasteiger partial charge on any atom is 0.318 e. The molecule has 98 valence electrons. The quantitative estimate of drug-likeness (QED) is 0.643. The van der Waals surface area contributed by atoms with Crippen molar-refractivity contribution < 1.29 is 9.59 Å². The molecule has 4 N–H and O–H groups in total. The van der Waals surface area contributed by atoms with E-state index in [0.717, 1.165) is 0 Å². The van der Waals surface area contributed by atoms with E-state index in [-0.39, 0.29) is 18.0 Å². The van der Waals surface area contributed by atoms with Crippen molar-refractivity contribution in [3.05, 3.63) is 24.3 Å². The molecule has 0 saturated carbocycles. The van der Waals surface area contributed by atoms with Gasteiger partial charge in [0.1, 0.15) is 0 Å². The molecule has 3 amide bonds. The minimum Gasteiger partial charge on any atom is -0.341 e. The summed E-state index contributed by atoms with van der Waals surface area (Å²) in [4.78, 5) is 22.7. The molecule has 0 heterocycles. The summed E-state index contributed by atoms with van der Waals surface area (Å²) in [5.41, 5.74) is 1.35. The van der Waals surface area contributed by atoms with Crippen LogP contribution >= 0.6 is 0 Å². The van der Waals surface area contributed by atoms with Crippen LogP contribution < -0.4 is 21.3 Å². The van der Waals surface area contributed by atoms with Crippen LogP contribution in [-0.2, 0) is 4.79 Å². The largest absolute Gasteiger partial charge is 0.341 e. The van der Waals surface area contributed by atoms with Gasteiger partial charge in [0, 0.05) is 18.4 Å². The molecule has 18 heavy (non-hydrogen) atoms. The molecule has 0 fully saturated rings. The Hall–Kier alpha value is -2.08. The van der Waals surface area contributed by atoms with E-state index >= 15 is 0 Å². The van der Waals surface area contributed by atoms with E-state index in [0.29, 0.717) is 11.4 Å². The van der Waals surface area contributed by atoms with Gasteiger partial charge in [0.05, 0.1) is 6.04 Å². The van der Waals surface area contributed by atoms with Gasteiger partial charge in [-0.3, -0.25) is 4.79 Å². The molecule has 0 spiro atoms. The highest BCUT2D eigenvalue weighted by molar-refractivity contribution is 5.95. The summed E-state index contributed by atoms with van der Waals surface area (Å²) in [6.45, 7) is 1.77. The fourth-order valence-electron chi connectivity index (χ4n) is 1.21. The smallest absolute Gasteiger partial charge is 0.318 e. The van der Waals surface area contributed by atoms with Crippen molar-refractivity contribution in [3.8, 4) is 0 Å². The standard InChI is InChI=1S/C12H18N4O2/c1-8(13-2)11(17)15-9-4-6-10(7-5-9)16-12(18)14-3/h4-8,13H,1-3H3,(H,15,17)(H2,14,16,18). The second-order valence-corrected chi connectivity index (χ2v) is 3.78. The molecule has 0 aliphatic carbocycles. The summed E-state index contributed by atoms with van der Waals surface area (Å²) in [6, 6.07) is 6.35. The first kappa shape index (κ1) is 14.0. The molecule has 6 heteroatoms. The van der Waals surface area contributed by atoms with Gasteiger partial charge in [-0.15, -0.1) is 0 Å². The Bertz CT molecular complexity index is 417. The van der Waals surface area contributed by atoms with Crippen LogP contribution in [0.25, 0.3) is 0 Å². The SMILES string of the molecule is CNC(=O)Nc1ccc(NC(=O)C(C)NC)cc1. The van der Waals surface area contributed by atoms with Crippen molar-refractivity contribution in [1.82, 2.24) is 10.6 Å². The molecule has 1 atom stereocenters. The van der Waals surface area contributed by atoms with E-state index in [2.05, 4.69) is 21.3 Å². The zero-order valence-electron chi connectivity index (χ0n) is 10.7. The number of anilines is 2. The van der Waals surface area contributed by atoms with Crippen molar-refractivity contribution in [1.29, 1.82) is 0 Å². The van der Waals surface area contributed by atoms with Crippen molar-refractivity contribution in [2.45, 2.75) is 13.0 Å². The fraction of sp³-hybridized carbons (Fsp3) is 0.333. The maximum absolute atomic E-state index is 11.6. The Morgan fingerprint density at radius 1 is 1.00 bits per heavy atom. The van der Waals surface area contributed by atoms with Crippen molar-refractivity contribution in [2.75, 3.05) is 24.7 Å². The van der Waals surface area contributed by atoms with Gasteiger partial charge in [0.15, 0.2) is 0 Å². The molecule has 0 radical (unpaired) electrons. The monoisotopic (exact) mass is 250 g/mol. The highest BCUT2D eigenvalue weighted by Gasteiger charge is 2.09. The number of carbonyl (C=O) groups is 2. The summed E-state index contributed by atoms with van der Waals surface area (Å²) < 4.78 is 0. The molecule has 6 nitrogen and oxygen atoms in total. The van der Waals surface area contributed by atoms with Gasteiger partial charge in [-0.25, -0.2) is 4.79 Å². The summed E-state index contributed by atoms with van der Waals surface area (Å²) in [5.74, 6) is -0.107. The number of nitrogens with one attached hydrogen (secondary N) is 4. The molecule has 0 aromatic heterocycles. The third-order valence-corrected chi connectivity index (χ3v) is 2.46. The van der Waals surface area contributed by atoms with Crippen LogP contribution in [0.5, 0.6) is 0 Å². The Morgan fingerprint density at radius 3 is 1.94 bits per heavy atom. The molecule has 1 unspecified atom stereocenters. The topological polar surface area (TPSA) is 82.3 Å². The number of carbonyl (C=O) groups excluding carboxylic acids is 2. The predicted octanol–water partition coefficient (Wildman–Crippen LogP) is 0.984. The lowest BCUT2D eigenvalue weighted by molar-refractivity contribution is -0.117. The summed E-state index contributed by atoms with van der Waals surface area (Å²) >= 11 is 0. The summed E-state index contributed by atoms with van der Waals surface area (Å²) in [6.07, 6.45) is 0. The van der Waals surface area contributed by atoms with Gasteiger partial charge in [-0.1, -0.05) is 0 Å². The normalized spacial score (nSPS) is 11.5. The molecule has 1 aromatic carbocycles. The van der Waals surface area contributed by atoms with Gasteiger partial charge in [-0.2, -0.15) is 0 Å². The van der Waals surface area contributed by atoms with Crippen molar-refractivity contribution in [3.63, 3.8) is 0 Å². The predicted molar refractivity (Wildman–Crippen MR) is 71.7 cm³/mol. The lowest BCUT2D eigenvalue weighted by atomic mass is 10.2. The van der Waals surface area contributed by atoms with Gasteiger partial charge in [0.25, 0.3) is 0 Å². The number of urea groups is 1. The Labute approximate surface area is 106 Å². The lowest BCUT2D eigenvalue weighted by Gasteiger charge is -2.11. The Morgan fingerprint density at radius 2 is 1.50 bits per heavy atom. The minimum atomic E-state index is -0.282. The second kappa shape index (κ2) is 6.61. The Balaban J connectivity index is 2.60. The average Bonchev–Trinajstić information content (AvgIpc) is 2.39. The number of likely N-dealkylation sites (N-methyl/N-ethyl adjacent to an activating group) is 1. The van der Waals surface area contributed by atoms with Crippen LogP contribution in [0, 0.1) is 0 Å². The number of rotatable bonds is 4. The first-order valence-electron chi connectivity index (χ1n) is 5.63. The van der Waals surface area contributed by atoms with Crippen LogP contribution in [0.4, 0.5) is 16.2 Å². The van der Waals surface area contributed by atoms with Crippen LogP contribution in [0.3, 0.4) is 0 Å². The van der Waals surface area contributed by atoms with E-state index in [1.165, 1.54) is 0 Å². The number of hydrogen-bond acceptors (Lipinski definition) is 3. The molecular formula is C12H18N4O2.